The van der Waals surface area contributed by atoms with Crippen molar-refractivity contribution in [3.05, 3.63) is 28.2 Å². The zero-order valence-corrected chi connectivity index (χ0v) is 18.9. The first-order valence-electron chi connectivity index (χ1n) is 10.1. The van der Waals surface area contributed by atoms with Crippen molar-refractivity contribution in [3.8, 4) is 22.9 Å². The van der Waals surface area contributed by atoms with E-state index < -0.39 is 5.79 Å². The van der Waals surface area contributed by atoms with Crippen LogP contribution in [0.2, 0.25) is 0 Å². The first-order valence-corrected chi connectivity index (χ1v) is 10.1. The molecular weight excluding hydrogens is 406 g/mol. The molecule has 1 aromatic heterocycles. The molecule has 10 nitrogen and oxygen atoms in total. The van der Waals surface area contributed by atoms with Crippen molar-refractivity contribution in [1.29, 1.82) is 0 Å². The predicted molar refractivity (Wildman–Crippen MR) is 112 cm³/mol. The van der Waals surface area contributed by atoms with E-state index in [1.807, 2.05) is 19.9 Å². The standard InChI is InChI=1S/C21H31N3O7/c1-13(2)15-7-16(18(29-12-27-6)8-17(15)28-11-26-5)19-22-23-20(25)24(19)14-9-30-21(3,4)31-10-14/h7-8,13-14H,9-12H2,1-6H3,(H,23,25). The van der Waals surface area contributed by atoms with Crippen LogP contribution in [0, 0.1) is 0 Å². The molecule has 0 spiro atoms. The molecule has 0 unspecified atom stereocenters. The molecule has 0 amide bonds. The van der Waals surface area contributed by atoms with Crippen LogP contribution in [0.15, 0.2) is 16.9 Å². The minimum Gasteiger partial charge on any atom is -0.467 e. The van der Waals surface area contributed by atoms with Crippen LogP contribution in [0.3, 0.4) is 0 Å². The Bertz CT molecular complexity index is 926. The second kappa shape index (κ2) is 9.82. The Morgan fingerprint density at radius 2 is 1.74 bits per heavy atom. The lowest BCUT2D eigenvalue weighted by molar-refractivity contribution is -0.258. The van der Waals surface area contributed by atoms with Crippen LogP contribution in [0.25, 0.3) is 11.4 Å². The van der Waals surface area contributed by atoms with Crippen molar-refractivity contribution in [1.82, 2.24) is 14.8 Å². The Hall–Kier alpha value is -2.40. The maximum atomic E-state index is 12.7. The number of hydrogen-bond acceptors (Lipinski definition) is 8. The summed E-state index contributed by atoms with van der Waals surface area (Å²) in [5, 5.41) is 6.83. The highest BCUT2D eigenvalue weighted by Gasteiger charge is 2.32. The van der Waals surface area contributed by atoms with Crippen molar-refractivity contribution in [2.45, 2.75) is 45.4 Å². The van der Waals surface area contributed by atoms with E-state index in [9.17, 15) is 4.79 Å². The van der Waals surface area contributed by atoms with Crippen LogP contribution >= 0.6 is 0 Å². The van der Waals surface area contributed by atoms with Gasteiger partial charge in [0.2, 0.25) is 0 Å². The van der Waals surface area contributed by atoms with E-state index in [-0.39, 0.29) is 31.2 Å². The number of rotatable bonds is 9. The molecule has 0 atom stereocenters. The van der Waals surface area contributed by atoms with Gasteiger partial charge in [0.05, 0.1) is 24.8 Å². The molecule has 2 heterocycles. The fourth-order valence-electron chi connectivity index (χ4n) is 3.36. The molecule has 2 aromatic rings. The predicted octanol–water partition coefficient (Wildman–Crippen LogP) is 2.65. The van der Waals surface area contributed by atoms with E-state index in [2.05, 4.69) is 24.0 Å². The van der Waals surface area contributed by atoms with Gasteiger partial charge >= 0.3 is 5.69 Å². The van der Waals surface area contributed by atoms with Gasteiger partial charge in [0.1, 0.15) is 11.5 Å². The van der Waals surface area contributed by atoms with Crippen LogP contribution in [0.5, 0.6) is 11.5 Å². The molecule has 1 aliphatic heterocycles. The lowest BCUT2D eigenvalue weighted by Gasteiger charge is -2.35. The lowest BCUT2D eigenvalue weighted by Crippen LogP contribution is -2.42. The molecule has 0 bridgehead atoms. The molecule has 172 valence electrons. The molecule has 0 saturated carbocycles. The zero-order chi connectivity index (χ0) is 22.6. The Morgan fingerprint density at radius 3 is 2.32 bits per heavy atom. The minimum atomic E-state index is -0.693. The fourth-order valence-corrected chi connectivity index (χ4v) is 3.36. The number of nitrogens with zero attached hydrogens (tertiary/aromatic N) is 2. The van der Waals surface area contributed by atoms with E-state index >= 15 is 0 Å². The topological polar surface area (TPSA) is 106 Å². The van der Waals surface area contributed by atoms with Gasteiger partial charge in [-0.2, -0.15) is 5.10 Å². The Morgan fingerprint density at radius 1 is 1.13 bits per heavy atom. The van der Waals surface area contributed by atoms with Gasteiger partial charge in [0.25, 0.3) is 0 Å². The SMILES string of the molecule is COCOc1cc(OCOC)c(C(C)C)cc1-c1n[nH]c(=O)n1C1COC(C)(C)OC1. The summed E-state index contributed by atoms with van der Waals surface area (Å²) in [6, 6.07) is 3.35. The van der Waals surface area contributed by atoms with E-state index in [0.717, 1.165) is 5.56 Å². The number of ether oxygens (including phenoxy) is 6. The highest BCUT2D eigenvalue weighted by atomic mass is 16.7. The van der Waals surface area contributed by atoms with Crippen molar-refractivity contribution in [3.63, 3.8) is 0 Å². The number of aromatic nitrogens is 3. The molecule has 3 rings (SSSR count). The summed E-state index contributed by atoms with van der Waals surface area (Å²) in [5.41, 5.74) is 1.21. The van der Waals surface area contributed by atoms with Gasteiger partial charge < -0.3 is 28.4 Å². The van der Waals surface area contributed by atoms with E-state index in [4.69, 9.17) is 28.4 Å². The van der Waals surface area contributed by atoms with Gasteiger partial charge in [-0.3, -0.25) is 4.57 Å². The first-order chi connectivity index (χ1) is 14.8. The number of H-pyrrole nitrogens is 1. The minimum absolute atomic E-state index is 0.0240. The van der Waals surface area contributed by atoms with E-state index in [1.165, 1.54) is 7.11 Å². The molecule has 1 saturated heterocycles. The number of benzene rings is 1. The number of hydrogen-bond donors (Lipinski definition) is 1. The summed E-state index contributed by atoms with van der Waals surface area (Å²) < 4.78 is 34.8. The van der Waals surface area contributed by atoms with Gasteiger partial charge in [0.15, 0.2) is 25.2 Å². The van der Waals surface area contributed by atoms with Crippen LogP contribution < -0.4 is 15.2 Å². The van der Waals surface area contributed by atoms with Crippen molar-refractivity contribution < 1.29 is 28.4 Å². The van der Waals surface area contributed by atoms with Gasteiger partial charge in [-0.1, -0.05) is 13.8 Å². The van der Waals surface area contributed by atoms with Crippen LogP contribution in [0.1, 0.15) is 45.2 Å². The molecule has 31 heavy (non-hydrogen) atoms. The number of aromatic amines is 1. The first kappa shape index (κ1) is 23.3. The molecule has 1 aromatic carbocycles. The molecule has 1 aliphatic rings. The van der Waals surface area contributed by atoms with Crippen LogP contribution in [-0.4, -0.2) is 61.6 Å². The Labute approximate surface area is 181 Å². The summed E-state index contributed by atoms with van der Waals surface area (Å²) in [4.78, 5) is 12.7. The maximum Gasteiger partial charge on any atom is 0.344 e. The van der Waals surface area contributed by atoms with Crippen LogP contribution in [-0.2, 0) is 18.9 Å². The molecule has 10 heteroatoms. The summed E-state index contributed by atoms with van der Waals surface area (Å²) in [5.74, 6) is 0.969. The molecule has 0 aliphatic carbocycles. The fraction of sp³-hybridized carbons (Fsp3) is 0.619. The number of nitrogens with one attached hydrogen (secondary N) is 1. The van der Waals surface area contributed by atoms with Crippen molar-refractivity contribution in [2.24, 2.45) is 0 Å². The van der Waals surface area contributed by atoms with Crippen molar-refractivity contribution >= 4 is 0 Å². The van der Waals surface area contributed by atoms with E-state index in [0.29, 0.717) is 36.1 Å². The average molecular weight is 437 g/mol. The summed E-state index contributed by atoms with van der Waals surface area (Å²) in [6.07, 6.45) is 0. The van der Waals surface area contributed by atoms with E-state index in [1.54, 1.807) is 17.7 Å². The number of methoxy groups -OCH3 is 2. The molecule has 0 radical (unpaired) electrons. The lowest BCUT2D eigenvalue weighted by atomic mass is 9.98. The third-order valence-electron chi connectivity index (χ3n) is 4.96. The zero-order valence-electron chi connectivity index (χ0n) is 18.9. The molecule has 1 fully saturated rings. The highest BCUT2D eigenvalue weighted by Crippen LogP contribution is 2.39. The van der Waals surface area contributed by atoms with Gasteiger partial charge in [0, 0.05) is 20.3 Å². The van der Waals surface area contributed by atoms with Crippen molar-refractivity contribution in [2.75, 3.05) is 41.0 Å². The Kier molecular flexibility index (Phi) is 7.37. The second-order valence-corrected chi connectivity index (χ2v) is 8.04. The smallest absolute Gasteiger partial charge is 0.344 e. The summed E-state index contributed by atoms with van der Waals surface area (Å²) in [7, 11) is 3.09. The highest BCUT2D eigenvalue weighted by molar-refractivity contribution is 5.68. The van der Waals surface area contributed by atoms with Gasteiger partial charge in [-0.25, -0.2) is 9.89 Å². The quantitative estimate of drug-likeness (QED) is 0.597. The molecule has 1 N–H and O–H groups in total. The molecular formula is C21H31N3O7. The largest absolute Gasteiger partial charge is 0.467 e. The monoisotopic (exact) mass is 437 g/mol. The van der Waals surface area contributed by atoms with Gasteiger partial charge in [-0.05, 0) is 31.4 Å². The Balaban J connectivity index is 2.09. The normalized spacial score (nSPS) is 16.6. The average Bonchev–Trinajstić information content (AvgIpc) is 3.11. The summed E-state index contributed by atoms with van der Waals surface area (Å²) in [6.45, 7) is 8.55. The third-order valence-corrected chi connectivity index (χ3v) is 4.96. The second-order valence-electron chi connectivity index (χ2n) is 8.04. The third kappa shape index (κ3) is 5.27. The van der Waals surface area contributed by atoms with Gasteiger partial charge in [-0.15, -0.1) is 0 Å². The summed E-state index contributed by atoms with van der Waals surface area (Å²) >= 11 is 0. The van der Waals surface area contributed by atoms with Crippen LogP contribution in [0.4, 0.5) is 0 Å². The maximum absolute atomic E-state index is 12.7.